The van der Waals surface area contributed by atoms with Gasteiger partial charge < -0.3 is 4.74 Å². The van der Waals surface area contributed by atoms with Crippen LogP contribution in [0.5, 0.6) is 0 Å². The van der Waals surface area contributed by atoms with Gasteiger partial charge >= 0.3 is 5.97 Å². The van der Waals surface area contributed by atoms with Gasteiger partial charge in [-0.2, -0.15) is 0 Å². The van der Waals surface area contributed by atoms with Crippen LogP contribution in [-0.2, 0) is 14.9 Å². The lowest BCUT2D eigenvalue weighted by atomic mass is 9.63. The van der Waals surface area contributed by atoms with Gasteiger partial charge in [-0.25, -0.2) is 0 Å². The second-order valence-electron chi connectivity index (χ2n) is 7.89. The molecule has 1 aliphatic carbocycles. The van der Waals surface area contributed by atoms with E-state index in [1.54, 1.807) is 0 Å². The summed E-state index contributed by atoms with van der Waals surface area (Å²) in [5.41, 5.74) is 0.889. The molecule has 5 rings (SSSR count). The number of fused-ring (bicyclic) bond motifs is 4. The number of piperidine rings is 1. The van der Waals surface area contributed by atoms with Gasteiger partial charge in [0, 0.05) is 12.1 Å². The summed E-state index contributed by atoms with van der Waals surface area (Å²) in [5, 5.41) is 0. The molecule has 3 aliphatic heterocycles. The summed E-state index contributed by atoms with van der Waals surface area (Å²) in [4.78, 5) is 15.8. The van der Waals surface area contributed by atoms with Gasteiger partial charge in [-0.3, -0.25) is 9.69 Å². The van der Waals surface area contributed by atoms with E-state index in [1.807, 2.05) is 48.6 Å². The molecule has 3 fully saturated rings. The van der Waals surface area contributed by atoms with Crippen LogP contribution in [0.3, 0.4) is 0 Å². The highest BCUT2D eigenvalue weighted by atomic mass is 16.6. The molecule has 0 amide bonds. The molecule has 3 heterocycles. The molecule has 3 nitrogen and oxygen atoms in total. The molecule has 3 saturated heterocycles. The second kappa shape index (κ2) is 5.18. The third kappa shape index (κ3) is 1.87. The highest BCUT2D eigenvalue weighted by Crippen LogP contribution is 2.57. The molecule has 3 heteroatoms. The van der Waals surface area contributed by atoms with Crippen LogP contribution in [0, 0.1) is 5.92 Å². The first kappa shape index (κ1) is 15.2. The lowest BCUT2D eigenvalue weighted by molar-refractivity contribution is -0.182. The van der Waals surface area contributed by atoms with E-state index in [0.29, 0.717) is 12.0 Å². The number of benzene rings is 1. The smallest absolute Gasteiger partial charge is 0.325 e. The number of nitrogens with zero attached hydrogens (tertiary/aromatic N) is 1. The lowest BCUT2D eigenvalue weighted by Crippen LogP contribution is -2.72. The fraction of sp³-hybridized carbons (Fsp3) is 0.409. The van der Waals surface area contributed by atoms with Crippen molar-refractivity contribution in [3.63, 3.8) is 0 Å². The second-order valence-corrected chi connectivity index (χ2v) is 7.89. The zero-order valence-corrected chi connectivity index (χ0v) is 14.5. The highest BCUT2D eigenvalue weighted by molar-refractivity contribution is 5.95. The maximum atomic E-state index is 13.3. The van der Waals surface area contributed by atoms with Crippen molar-refractivity contribution in [1.82, 2.24) is 4.90 Å². The van der Waals surface area contributed by atoms with Crippen LogP contribution >= 0.6 is 0 Å². The van der Waals surface area contributed by atoms with Crippen LogP contribution in [-0.4, -0.2) is 35.6 Å². The molecule has 0 N–H and O–H groups in total. The average Bonchev–Trinajstić information content (AvgIpc) is 2.77. The van der Waals surface area contributed by atoms with Gasteiger partial charge in [0.05, 0.1) is 6.04 Å². The van der Waals surface area contributed by atoms with E-state index in [9.17, 15) is 4.79 Å². The zero-order chi connectivity index (χ0) is 17.1. The largest absolute Gasteiger partial charge is 0.450 e. The van der Waals surface area contributed by atoms with Crippen molar-refractivity contribution >= 4 is 5.97 Å². The summed E-state index contributed by atoms with van der Waals surface area (Å²) < 4.78 is 6.23. The molecule has 1 aromatic rings. The van der Waals surface area contributed by atoms with E-state index >= 15 is 0 Å². The van der Waals surface area contributed by atoms with Gasteiger partial charge in [-0.05, 0) is 30.9 Å². The Balaban J connectivity index is 1.66. The maximum absolute atomic E-state index is 13.3. The number of carbonyl (C=O) groups excluding carboxylic acids is 1. The van der Waals surface area contributed by atoms with E-state index in [2.05, 4.69) is 24.0 Å². The van der Waals surface area contributed by atoms with E-state index in [0.717, 1.165) is 30.6 Å². The minimum Gasteiger partial charge on any atom is -0.450 e. The van der Waals surface area contributed by atoms with E-state index in [1.165, 1.54) is 6.42 Å². The Hall–Kier alpha value is -2.13. The van der Waals surface area contributed by atoms with Crippen molar-refractivity contribution in [2.24, 2.45) is 5.92 Å². The van der Waals surface area contributed by atoms with Gasteiger partial charge in [-0.15, -0.1) is 0 Å². The molecule has 1 spiro atoms. The molecule has 25 heavy (non-hydrogen) atoms. The van der Waals surface area contributed by atoms with Crippen LogP contribution in [0.1, 0.15) is 25.3 Å². The van der Waals surface area contributed by atoms with Gasteiger partial charge in [0.1, 0.15) is 5.41 Å². The molecule has 0 radical (unpaired) electrons. The summed E-state index contributed by atoms with van der Waals surface area (Å²) in [6.45, 7) is 4.26. The minimum atomic E-state index is -0.780. The van der Waals surface area contributed by atoms with E-state index < -0.39 is 11.0 Å². The highest BCUT2D eigenvalue weighted by Gasteiger charge is 2.69. The molecule has 0 saturated carbocycles. The standard InChI is InChI=1S/C22H23NO2/c1-16-11-13-23-15-22(19(23)14-16)18-10-6-3-7-12-21(18,20(24)25-22)17-8-4-2-5-9-17/h2-10,12,16,19H,11,13-15H2,1H3/t16-,19+,21?,22-/m1/s1. The van der Waals surface area contributed by atoms with Crippen molar-refractivity contribution in [3.05, 3.63) is 71.8 Å². The Kier molecular flexibility index (Phi) is 3.14. The third-order valence-electron chi connectivity index (χ3n) is 6.49. The molecule has 1 unspecified atom stereocenters. The summed E-state index contributed by atoms with van der Waals surface area (Å²) in [5.74, 6) is 0.559. The van der Waals surface area contributed by atoms with Gasteiger partial charge in [0.2, 0.25) is 0 Å². The van der Waals surface area contributed by atoms with Crippen molar-refractivity contribution in [1.29, 1.82) is 0 Å². The first-order valence-electron chi connectivity index (χ1n) is 9.27. The van der Waals surface area contributed by atoms with Crippen LogP contribution in [0.2, 0.25) is 0 Å². The molecule has 4 atom stereocenters. The number of esters is 1. The third-order valence-corrected chi connectivity index (χ3v) is 6.49. The Morgan fingerprint density at radius 3 is 2.84 bits per heavy atom. The lowest BCUT2D eigenvalue weighted by Gasteiger charge is -2.58. The van der Waals surface area contributed by atoms with Gasteiger partial charge in [0.25, 0.3) is 0 Å². The monoisotopic (exact) mass is 333 g/mol. The van der Waals surface area contributed by atoms with Gasteiger partial charge in [0.15, 0.2) is 5.60 Å². The number of allylic oxidation sites excluding steroid dienone is 4. The van der Waals surface area contributed by atoms with E-state index in [-0.39, 0.29) is 5.97 Å². The number of rotatable bonds is 1. The van der Waals surface area contributed by atoms with Crippen molar-refractivity contribution in [2.45, 2.75) is 36.8 Å². The predicted octanol–water partition coefficient (Wildman–Crippen LogP) is 3.39. The van der Waals surface area contributed by atoms with E-state index in [4.69, 9.17) is 4.74 Å². The van der Waals surface area contributed by atoms with Crippen LogP contribution in [0.15, 0.2) is 66.3 Å². The first-order valence-corrected chi connectivity index (χ1v) is 9.27. The van der Waals surface area contributed by atoms with Gasteiger partial charge in [-0.1, -0.05) is 67.6 Å². The predicted molar refractivity (Wildman–Crippen MR) is 97.1 cm³/mol. The average molecular weight is 333 g/mol. The number of hydrogen-bond acceptors (Lipinski definition) is 3. The summed E-state index contributed by atoms with van der Waals surface area (Å²) in [7, 11) is 0. The fourth-order valence-electron chi connectivity index (χ4n) is 5.19. The SMILES string of the molecule is C[C@@H]1CCN2C[C@]3(OC(=O)C4(c5ccccc5)C=CC=CC=C43)[C@@H]2C1. The molecular weight excluding hydrogens is 310 g/mol. The minimum absolute atomic E-state index is 0.122. The molecule has 128 valence electrons. The topological polar surface area (TPSA) is 29.5 Å². The molecular formula is C22H23NO2. The quantitative estimate of drug-likeness (QED) is 0.738. The Bertz CT molecular complexity index is 809. The molecule has 1 aromatic carbocycles. The number of ether oxygens (including phenoxy) is 1. The number of carbonyl (C=O) groups is 1. The molecule has 0 bridgehead atoms. The summed E-state index contributed by atoms with van der Waals surface area (Å²) >= 11 is 0. The molecule has 4 aliphatic rings. The summed E-state index contributed by atoms with van der Waals surface area (Å²) in [6, 6.07) is 10.4. The Morgan fingerprint density at radius 2 is 2.00 bits per heavy atom. The zero-order valence-electron chi connectivity index (χ0n) is 14.5. The van der Waals surface area contributed by atoms with Crippen molar-refractivity contribution in [3.8, 4) is 0 Å². The fourth-order valence-corrected chi connectivity index (χ4v) is 5.19. The van der Waals surface area contributed by atoms with Crippen LogP contribution in [0.4, 0.5) is 0 Å². The number of hydrogen-bond donors (Lipinski definition) is 0. The van der Waals surface area contributed by atoms with Crippen molar-refractivity contribution in [2.75, 3.05) is 13.1 Å². The maximum Gasteiger partial charge on any atom is 0.325 e. The summed E-state index contributed by atoms with van der Waals surface area (Å²) in [6.07, 6.45) is 12.5. The van der Waals surface area contributed by atoms with Crippen molar-refractivity contribution < 1.29 is 9.53 Å². The molecule has 0 aromatic heterocycles. The Morgan fingerprint density at radius 1 is 1.16 bits per heavy atom. The Labute approximate surface area is 148 Å². The van der Waals surface area contributed by atoms with Crippen LogP contribution in [0.25, 0.3) is 0 Å². The van der Waals surface area contributed by atoms with Crippen LogP contribution < -0.4 is 0 Å². The normalized spacial score (nSPS) is 39.2. The first-order chi connectivity index (χ1) is 12.2.